The van der Waals surface area contributed by atoms with E-state index in [9.17, 15) is 0 Å². The molecule has 1 saturated heterocycles. The minimum absolute atomic E-state index is 0.310. The van der Waals surface area contributed by atoms with Gasteiger partial charge >= 0.3 is 0 Å². The Bertz CT molecular complexity index is 644. The lowest BCUT2D eigenvalue weighted by atomic mass is 10.0. The van der Waals surface area contributed by atoms with E-state index in [2.05, 4.69) is 45.8 Å². The van der Waals surface area contributed by atoms with E-state index in [-0.39, 0.29) is 0 Å². The first-order chi connectivity index (χ1) is 10.7. The molecule has 0 spiro atoms. The van der Waals surface area contributed by atoms with Crippen LogP contribution in [0.15, 0.2) is 35.2 Å². The van der Waals surface area contributed by atoms with E-state index in [1.165, 1.54) is 10.5 Å². The summed E-state index contributed by atoms with van der Waals surface area (Å²) in [6.07, 6.45) is 3.07. The zero-order chi connectivity index (χ0) is 15.4. The van der Waals surface area contributed by atoms with Gasteiger partial charge in [0.1, 0.15) is 5.82 Å². The molecule has 1 aliphatic rings. The number of aromatic nitrogens is 2. The number of anilines is 2. The minimum atomic E-state index is 0.310. The number of nitrogens with two attached hydrogens (primary N) is 1. The number of nitrogens with one attached hydrogen (secondary N) is 1. The SMILES string of the molecule is CSc1cccc(CNc2cc([C@H]3CCOC3)nc(N)n2)c1. The van der Waals surface area contributed by atoms with Gasteiger partial charge in [-0.05, 0) is 30.4 Å². The molecule has 5 nitrogen and oxygen atoms in total. The largest absolute Gasteiger partial charge is 0.381 e. The van der Waals surface area contributed by atoms with Crippen molar-refractivity contribution in [1.82, 2.24) is 9.97 Å². The van der Waals surface area contributed by atoms with E-state index in [1.807, 2.05) is 6.07 Å². The van der Waals surface area contributed by atoms with Crippen molar-refractivity contribution in [3.63, 3.8) is 0 Å². The number of rotatable bonds is 5. The van der Waals surface area contributed by atoms with Crippen LogP contribution in [0.25, 0.3) is 0 Å². The van der Waals surface area contributed by atoms with Crippen molar-refractivity contribution in [3.05, 3.63) is 41.6 Å². The molecule has 1 aliphatic heterocycles. The van der Waals surface area contributed by atoms with Crippen LogP contribution in [0.5, 0.6) is 0 Å². The van der Waals surface area contributed by atoms with Crippen LogP contribution in [-0.4, -0.2) is 29.4 Å². The van der Waals surface area contributed by atoms with Gasteiger partial charge in [-0.15, -0.1) is 11.8 Å². The van der Waals surface area contributed by atoms with Gasteiger partial charge in [-0.3, -0.25) is 0 Å². The van der Waals surface area contributed by atoms with E-state index in [0.717, 1.165) is 24.5 Å². The molecule has 3 N–H and O–H groups in total. The fourth-order valence-electron chi connectivity index (χ4n) is 2.53. The Morgan fingerprint density at radius 2 is 2.27 bits per heavy atom. The molecule has 1 aromatic carbocycles. The molecule has 0 aliphatic carbocycles. The molecule has 0 amide bonds. The third-order valence-corrected chi connectivity index (χ3v) is 4.44. The Morgan fingerprint density at radius 3 is 3.05 bits per heavy atom. The maximum Gasteiger partial charge on any atom is 0.222 e. The van der Waals surface area contributed by atoms with Gasteiger partial charge in [0.2, 0.25) is 5.95 Å². The quantitative estimate of drug-likeness (QED) is 0.826. The van der Waals surface area contributed by atoms with Crippen LogP contribution < -0.4 is 11.1 Å². The maximum atomic E-state index is 5.84. The van der Waals surface area contributed by atoms with Crippen molar-refractivity contribution in [1.29, 1.82) is 0 Å². The van der Waals surface area contributed by atoms with E-state index in [1.54, 1.807) is 11.8 Å². The first-order valence-corrected chi connectivity index (χ1v) is 8.56. The zero-order valence-electron chi connectivity index (χ0n) is 12.6. The smallest absolute Gasteiger partial charge is 0.222 e. The number of hydrogen-bond acceptors (Lipinski definition) is 6. The van der Waals surface area contributed by atoms with E-state index >= 15 is 0 Å². The van der Waals surface area contributed by atoms with E-state index in [4.69, 9.17) is 10.5 Å². The third-order valence-electron chi connectivity index (χ3n) is 3.72. The maximum absolute atomic E-state index is 5.84. The summed E-state index contributed by atoms with van der Waals surface area (Å²) >= 11 is 1.74. The monoisotopic (exact) mass is 316 g/mol. The van der Waals surface area contributed by atoms with Gasteiger partial charge in [0, 0.05) is 30.0 Å². The van der Waals surface area contributed by atoms with Crippen LogP contribution in [0.2, 0.25) is 0 Å². The summed E-state index contributed by atoms with van der Waals surface area (Å²) in [7, 11) is 0. The fourth-order valence-corrected chi connectivity index (χ4v) is 3.01. The van der Waals surface area contributed by atoms with Crippen LogP contribution in [0, 0.1) is 0 Å². The number of thioether (sulfide) groups is 1. The molecule has 2 aromatic rings. The van der Waals surface area contributed by atoms with Gasteiger partial charge in [0.05, 0.1) is 12.3 Å². The Hall–Kier alpha value is -1.79. The molecule has 1 aromatic heterocycles. The molecule has 2 heterocycles. The highest BCUT2D eigenvalue weighted by Gasteiger charge is 2.20. The molecule has 1 fully saturated rings. The van der Waals surface area contributed by atoms with Crippen LogP contribution >= 0.6 is 11.8 Å². The zero-order valence-corrected chi connectivity index (χ0v) is 13.4. The molecule has 0 bridgehead atoms. The van der Waals surface area contributed by atoms with Gasteiger partial charge < -0.3 is 15.8 Å². The summed E-state index contributed by atoms with van der Waals surface area (Å²) in [5, 5.41) is 3.34. The van der Waals surface area contributed by atoms with E-state index < -0.39 is 0 Å². The molecular weight excluding hydrogens is 296 g/mol. The fraction of sp³-hybridized carbons (Fsp3) is 0.375. The number of nitrogens with zero attached hydrogens (tertiary/aromatic N) is 2. The average molecular weight is 316 g/mol. The van der Waals surface area contributed by atoms with Crippen molar-refractivity contribution in [2.75, 3.05) is 30.5 Å². The third kappa shape index (κ3) is 3.69. The number of ether oxygens (including phenoxy) is 1. The van der Waals surface area contributed by atoms with Gasteiger partial charge in [-0.1, -0.05) is 12.1 Å². The normalized spacial score (nSPS) is 17.6. The topological polar surface area (TPSA) is 73.1 Å². The van der Waals surface area contributed by atoms with Crippen LogP contribution in [0.1, 0.15) is 23.6 Å². The second-order valence-corrected chi connectivity index (χ2v) is 6.18. The molecule has 0 unspecified atom stereocenters. The molecule has 6 heteroatoms. The summed E-state index contributed by atoms with van der Waals surface area (Å²) in [6, 6.07) is 10.4. The molecular formula is C16H20N4OS. The van der Waals surface area contributed by atoms with Crippen molar-refractivity contribution in [3.8, 4) is 0 Å². The molecule has 0 radical (unpaired) electrons. The highest BCUT2D eigenvalue weighted by Crippen LogP contribution is 2.25. The molecule has 22 heavy (non-hydrogen) atoms. The Balaban J connectivity index is 1.71. The van der Waals surface area contributed by atoms with E-state index in [0.29, 0.717) is 25.0 Å². The minimum Gasteiger partial charge on any atom is -0.381 e. The summed E-state index contributed by atoms with van der Waals surface area (Å²) in [4.78, 5) is 9.87. The second kappa shape index (κ2) is 6.98. The van der Waals surface area contributed by atoms with Crippen LogP contribution in [-0.2, 0) is 11.3 Å². The standard InChI is InChI=1S/C16H20N4OS/c1-22-13-4-2-3-11(7-13)9-18-15-8-14(19-16(17)20-15)12-5-6-21-10-12/h2-4,7-8,12H,5-6,9-10H2,1H3,(H3,17,18,19,20)/t12-/m0/s1. The molecule has 116 valence electrons. The lowest BCUT2D eigenvalue weighted by Crippen LogP contribution is -2.09. The van der Waals surface area contributed by atoms with Crippen molar-refractivity contribution >= 4 is 23.5 Å². The Morgan fingerprint density at radius 1 is 1.36 bits per heavy atom. The van der Waals surface area contributed by atoms with Crippen molar-refractivity contribution in [2.24, 2.45) is 0 Å². The van der Waals surface area contributed by atoms with Gasteiger partial charge in [0.15, 0.2) is 0 Å². The lowest BCUT2D eigenvalue weighted by molar-refractivity contribution is 0.193. The molecule has 0 saturated carbocycles. The molecule has 3 rings (SSSR count). The number of nitrogen functional groups attached to an aromatic ring is 1. The number of benzene rings is 1. The highest BCUT2D eigenvalue weighted by atomic mass is 32.2. The first kappa shape index (κ1) is 15.1. The first-order valence-electron chi connectivity index (χ1n) is 7.33. The predicted octanol–water partition coefficient (Wildman–Crippen LogP) is 2.90. The van der Waals surface area contributed by atoms with Crippen LogP contribution in [0.3, 0.4) is 0 Å². The average Bonchev–Trinajstić information content (AvgIpc) is 3.07. The lowest BCUT2D eigenvalue weighted by Gasteiger charge is -2.11. The van der Waals surface area contributed by atoms with Crippen LogP contribution in [0.4, 0.5) is 11.8 Å². The second-order valence-electron chi connectivity index (χ2n) is 5.30. The summed E-state index contributed by atoms with van der Waals surface area (Å²) in [5.41, 5.74) is 8.02. The highest BCUT2D eigenvalue weighted by molar-refractivity contribution is 7.98. The summed E-state index contributed by atoms with van der Waals surface area (Å²) in [6.45, 7) is 2.22. The van der Waals surface area contributed by atoms with Gasteiger partial charge in [-0.25, -0.2) is 4.98 Å². The van der Waals surface area contributed by atoms with Gasteiger partial charge in [-0.2, -0.15) is 4.98 Å². The Labute approximate surface area is 134 Å². The predicted molar refractivity (Wildman–Crippen MR) is 90.2 cm³/mol. The number of hydrogen-bond donors (Lipinski definition) is 2. The van der Waals surface area contributed by atoms with Gasteiger partial charge in [0.25, 0.3) is 0 Å². The Kier molecular flexibility index (Phi) is 4.80. The van der Waals surface area contributed by atoms with Crippen molar-refractivity contribution in [2.45, 2.75) is 23.8 Å². The summed E-state index contributed by atoms with van der Waals surface area (Å²) < 4.78 is 5.42. The summed E-state index contributed by atoms with van der Waals surface area (Å²) in [5.74, 6) is 1.40. The van der Waals surface area contributed by atoms with Crippen molar-refractivity contribution < 1.29 is 4.74 Å². The molecule has 1 atom stereocenters.